The molecule has 1 aliphatic heterocycles. The van der Waals surface area contributed by atoms with Gasteiger partial charge in [-0.15, -0.1) is 0 Å². The maximum atomic E-state index is 12.2. The third-order valence-corrected chi connectivity index (χ3v) is 5.72. The first-order valence-electron chi connectivity index (χ1n) is 6.83. The molecule has 0 aromatic heterocycles. The van der Waals surface area contributed by atoms with Crippen molar-refractivity contribution in [2.45, 2.75) is 37.5 Å². The van der Waals surface area contributed by atoms with Gasteiger partial charge in [0, 0.05) is 19.2 Å². The average molecular weight is 320 g/mol. The molecule has 1 unspecified atom stereocenters. The predicted octanol–water partition coefficient (Wildman–Crippen LogP) is -0.553. The molecule has 0 aromatic rings. The van der Waals surface area contributed by atoms with Crippen molar-refractivity contribution < 1.29 is 27.9 Å². The van der Waals surface area contributed by atoms with Crippen LogP contribution in [0.1, 0.15) is 19.3 Å². The van der Waals surface area contributed by atoms with Crippen LogP contribution >= 0.6 is 0 Å². The van der Waals surface area contributed by atoms with E-state index in [1.807, 2.05) is 0 Å². The van der Waals surface area contributed by atoms with E-state index in [-0.39, 0.29) is 30.1 Å². The fourth-order valence-electron chi connectivity index (χ4n) is 2.67. The van der Waals surface area contributed by atoms with Gasteiger partial charge in [-0.2, -0.15) is 0 Å². The third-order valence-electron chi connectivity index (χ3n) is 3.97. The summed E-state index contributed by atoms with van der Waals surface area (Å²) in [5.41, 5.74) is 0. The van der Waals surface area contributed by atoms with Crippen molar-refractivity contribution in [3.8, 4) is 0 Å². The molecule has 2 N–H and O–H groups in total. The van der Waals surface area contributed by atoms with Crippen molar-refractivity contribution in [3.05, 3.63) is 0 Å². The molecule has 1 heterocycles. The zero-order valence-electron chi connectivity index (χ0n) is 11.8. The quantitative estimate of drug-likeness (QED) is 0.702. The normalized spacial score (nSPS) is 30.4. The van der Waals surface area contributed by atoms with Crippen LogP contribution in [0.2, 0.25) is 0 Å². The van der Waals surface area contributed by atoms with Gasteiger partial charge in [0.1, 0.15) is 6.54 Å². The molecule has 1 saturated carbocycles. The van der Waals surface area contributed by atoms with Crippen molar-refractivity contribution >= 4 is 21.8 Å². The molecule has 2 aliphatic rings. The minimum atomic E-state index is -3.18. The number of rotatable bonds is 5. The molecule has 0 aromatic carbocycles. The number of amides is 2. The van der Waals surface area contributed by atoms with E-state index < -0.39 is 34.4 Å². The number of carbonyl (C=O) groups excluding carboxylic acids is 1. The highest BCUT2D eigenvalue weighted by atomic mass is 32.2. The van der Waals surface area contributed by atoms with Gasteiger partial charge in [-0.1, -0.05) is 0 Å². The highest BCUT2D eigenvalue weighted by Gasteiger charge is 2.37. The van der Waals surface area contributed by atoms with Gasteiger partial charge in [-0.25, -0.2) is 13.2 Å². The number of ether oxygens (including phenoxy) is 1. The zero-order valence-corrected chi connectivity index (χ0v) is 12.6. The fourth-order valence-corrected chi connectivity index (χ4v) is 4.40. The first kappa shape index (κ1) is 16.0. The van der Waals surface area contributed by atoms with E-state index in [2.05, 4.69) is 5.32 Å². The SMILES string of the molecule is COC1CC(NC(=O)N(CC(=O)O)C2CCS(=O)(=O)C2)C1. The highest BCUT2D eigenvalue weighted by Crippen LogP contribution is 2.23. The number of sulfone groups is 1. The standard InChI is InChI=1S/C12H20N2O6S/c1-20-10-4-8(5-10)13-12(17)14(6-11(15)16)9-2-3-21(18,19)7-9/h8-10H,2-7H2,1H3,(H,13,17)(H,15,16). The van der Waals surface area contributed by atoms with Gasteiger partial charge >= 0.3 is 12.0 Å². The lowest BCUT2D eigenvalue weighted by Crippen LogP contribution is -2.55. The Morgan fingerprint density at radius 1 is 1.38 bits per heavy atom. The van der Waals surface area contributed by atoms with Crippen molar-refractivity contribution in [2.24, 2.45) is 0 Å². The van der Waals surface area contributed by atoms with E-state index in [9.17, 15) is 18.0 Å². The number of aliphatic carboxylic acids is 1. The van der Waals surface area contributed by atoms with Crippen molar-refractivity contribution in [1.82, 2.24) is 10.2 Å². The van der Waals surface area contributed by atoms with Gasteiger partial charge < -0.3 is 20.1 Å². The van der Waals surface area contributed by atoms with Gasteiger partial charge in [0.05, 0.1) is 17.6 Å². The maximum absolute atomic E-state index is 12.2. The molecule has 1 aliphatic carbocycles. The summed E-state index contributed by atoms with van der Waals surface area (Å²) in [6.45, 7) is -0.494. The Morgan fingerprint density at radius 3 is 2.52 bits per heavy atom. The average Bonchev–Trinajstić information content (AvgIpc) is 2.70. The summed E-state index contributed by atoms with van der Waals surface area (Å²) < 4.78 is 28.1. The van der Waals surface area contributed by atoms with Gasteiger partial charge in [0.25, 0.3) is 0 Å². The van der Waals surface area contributed by atoms with E-state index in [4.69, 9.17) is 9.84 Å². The number of nitrogens with one attached hydrogen (secondary N) is 1. The van der Waals surface area contributed by atoms with Gasteiger partial charge in [0.15, 0.2) is 9.84 Å². The summed E-state index contributed by atoms with van der Waals surface area (Å²) in [5.74, 6) is -1.33. The van der Waals surface area contributed by atoms with Crippen LogP contribution in [0.25, 0.3) is 0 Å². The molecule has 120 valence electrons. The molecule has 21 heavy (non-hydrogen) atoms. The molecular formula is C12H20N2O6S. The molecule has 2 fully saturated rings. The van der Waals surface area contributed by atoms with Gasteiger partial charge in [-0.05, 0) is 19.3 Å². The Balaban J connectivity index is 1.96. The number of hydrogen-bond acceptors (Lipinski definition) is 5. The lowest BCUT2D eigenvalue weighted by Gasteiger charge is -2.37. The lowest BCUT2D eigenvalue weighted by molar-refractivity contribution is -0.138. The third kappa shape index (κ3) is 4.07. The number of urea groups is 1. The topological polar surface area (TPSA) is 113 Å². The van der Waals surface area contributed by atoms with Crippen LogP contribution in [0.4, 0.5) is 4.79 Å². The van der Waals surface area contributed by atoms with E-state index >= 15 is 0 Å². The number of methoxy groups -OCH3 is 1. The van der Waals surface area contributed by atoms with E-state index in [0.717, 1.165) is 4.90 Å². The van der Waals surface area contributed by atoms with E-state index in [1.54, 1.807) is 7.11 Å². The minimum Gasteiger partial charge on any atom is -0.480 e. The minimum absolute atomic E-state index is 0.00373. The van der Waals surface area contributed by atoms with Crippen molar-refractivity contribution in [1.29, 1.82) is 0 Å². The van der Waals surface area contributed by atoms with Gasteiger partial charge in [-0.3, -0.25) is 4.79 Å². The zero-order chi connectivity index (χ0) is 15.6. The first-order valence-corrected chi connectivity index (χ1v) is 8.65. The Hall–Kier alpha value is -1.35. The summed E-state index contributed by atoms with van der Waals surface area (Å²) in [6.07, 6.45) is 1.78. The molecule has 8 nitrogen and oxygen atoms in total. The largest absolute Gasteiger partial charge is 0.480 e. The highest BCUT2D eigenvalue weighted by molar-refractivity contribution is 7.91. The second-order valence-electron chi connectivity index (χ2n) is 5.55. The molecular weight excluding hydrogens is 300 g/mol. The molecule has 0 bridgehead atoms. The van der Waals surface area contributed by atoms with Crippen LogP contribution in [-0.4, -0.2) is 73.8 Å². The Bertz CT molecular complexity index is 514. The van der Waals surface area contributed by atoms with Crippen molar-refractivity contribution in [2.75, 3.05) is 25.2 Å². The number of carboxylic acids is 1. The van der Waals surface area contributed by atoms with Crippen molar-refractivity contribution in [3.63, 3.8) is 0 Å². The van der Waals surface area contributed by atoms with Crippen LogP contribution in [0.5, 0.6) is 0 Å². The smallest absolute Gasteiger partial charge is 0.323 e. The van der Waals surface area contributed by atoms with Crippen LogP contribution in [-0.2, 0) is 19.4 Å². The summed E-state index contributed by atoms with van der Waals surface area (Å²) in [6, 6.07) is -1.12. The van der Waals surface area contributed by atoms with E-state index in [1.165, 1.54) is 0 Å². The van der Waals surface area contributed by atoms with Crippen LogP contribution in [0.3, 0.4) is 0 Å². The predicted molar refractivity (Wildman–Crippen MR) is 73.8 cm³/mol. The summed E-state index contributed by atoms with van der Waals surface area (Å²) in [5, 5.41) is 11.7. The Labute approximate surface area is 123 Å². The monoisotopic (exact) mass is 320 g/mol. The molecule has 1 saturated heterocycles. The molecule has 0 radical (unpaired) electrons. The Kier molecular flexibility index (Phi) is 4.72. The number of nitrogens with zero attached hydrogens (tertiary/aromatic N) is 1. The van der Waals surface area contributed by atoms with Crippen LogP contribution in [0, 0.1) is 0 Å². The number of hydrogen-bond donors (Lipinski definition) is 2. The summed E-state index contributed by atoms with van der Waals surface area (Å²) in [7, 11) is -1.58. The summed E-state index contributed by atoms with van der Waals surface area (Å²) in [4.78, 5) is 24.2. The van der Waals surface area contributed by atoms with Crippen LogP contribution in [0.15, 0.2) is 0 Å². The second kappa shape index (κ2) is 6.18. The number of carboxylic acid groups (broad SMARTS) is 1. The number of carbonyl (C=O) groups is 2. The molecule has 2 amide bonds. The van der Waals surface area contributed by atoms with Gasteiger partial charge in [0.2, 0.25) is 0 Å². The molecule has 9 heteroatoms. The molecule has 0 spiro atoms. The molecule has 1 atom stereocenters. The second-order valence-corrected chi connectivity index (χ2v) is 7.78. The maximum Gasteiger partial charge on any atom is 0.323 e. The first-order chi connectivity index (χ1) is 9.80. The molecule has 2 rings (SSSR count). The Morgan fingerprint density at radius 2 is 2.05 bits per heavy atom. The lowest BCUT2D eigenvalue weighted by atomic mass is 9.89. The van der Waals surface area contributed by atoms with E-state index in [0.29, 0.717) is 12.8 Å². The summed E-state index contributed by atoms with van der Waals surface area (Å²) >= 11 is 0. The fraction of sp³-hybridized carbons (Fsp3) is 0.833. The van der Waals surface area contributed by atoms with Crippen LogP contribution < -0.4 is 5.32 Å².